The Morgan fingerprint density at radius 1 is 1.33 bits per heavy atom. The van der Waals surface area contributed by atoms with Gasteiger partial charge in [-0.05, 0) is 18.6 Å². The number of para-hydroxylation sites is 1. The predicted molar refractivity (Wildman–Crippen MR) is 77.2 cm³/mol. The van der Waals surface area contributed by atoms with Crippen LogP contribution in [0.1, 0.15) is 19.8 Å². The Balaban J connectivity index is 1.97. The molecular weight excluding hydrogens is 246 g/mol. The van der Waals surface area contributed by atoms with E-state index in [2.05, 4.69) is 12.2 Å². The van der Waals surface area contributed by atoms with Crippen molar-refractivity contribution in [1.82, 2.24) is 5.32 Å². The van der Waals surface area contributed by atoms with E-state index >= 15 is 0 Å². The standard InChI is InChI=1S/C14H21NO2S/c1-2-3-9-15-14(16)12-18-11-10-17-13-7-5-4-6-8-13/h4-8H,2-3,9-12H2,1H3,(H,15,16). The van der Waals surface area contributed by atoms with Crippen LogP contribution in [0, 0.1) is 0 Å². The molecule has 0 unspecified atom stereocenters. The van der Waals surface area contributed by atoms with Crippen molar-refractivity contribution in [3.05, 3.63) is 30.3 Å². The first-order chi connectivity index (χ1) is 8.83. The number of hydrogen-bond acceptors (Lipinski definition) is 3. The van der Waals surface area contributed by atoms with Gasteiger partial charge in [-0.25, -0.2) is 0 Å². The van der Waals surface area contributed by atoms with Crippen LogP contribution in [0.4, 0.5) is 0 Å². The molecule has 0 saturated heterocycles. The van der Waals surface area contributed by atoms with Crippen molar-refractivity contribution in [3.63, 3.8) is 0 Å². The van der Waals surface area contributed by atoms with E-state index in [1.165, 1.54) is 0 Å². The van der Waals surface area contributed by atoms with Crippen molar-refractivity contribution in [1.29, 1.82) is 0 Å². The zero-order valence-electron chi connectivity index (χ0n) is 10.9. The number of thioether (sulfide) groups is 1. The molecule has 100 valence electrons. The van der Waals surface area contributed by atoms with Gasteiger partial charge in [-0.1, -0.05) is 31.5 Å². The van der Waals surface area contributed by atoms with Gasteiger partial charge in [-0.15, -0.1) is 11.8 Å². The fourth-order valence-corrected chi connectivity index (χ4v) is 1.99. The van der Waals surface area contributed by atoms with Crippen molar-refractivity contribution in [2.45, 2.75) is 19.8 Å². The summed E-state index contributed by atoms with van der Waals surface area (Å²) >= 11 is 1.60. The smallest absolute Gasteiger partial charge is 0.229 e. The Kier molecular flexibility index (Phi) is 8.13. The first kappa shape index (κ1) is 14.9. The normalized spacial score (nSPS) is 10.1. The number of nitrogens with one attached hydrogen (secondary N) is 1. The van der Waals surface area contributed by atoms with Crippen LogP contribution >= 0.6 is 11.8 Å². The molecular formula is C14H21NO2S. The van der Waals surface area contributed by atoms with E-state index in [0.29, 0.717) is 12.4 Å². The summed E-state index contributed by atoms with van der Waals surface area (Å²) in [6.45, 7) is 3.54. The fraction of sp³-hybridized carbons (Fsp3) is 0.500. The molecule has 0 aliphatic heterocycles. The quantitative estimate of drug-likeness (QED) is 0.699. The van der Waals surface area contributed by atoms with Crippen molar-refractivity contribution >= 4 is 17.7 Å². The van der Waals surface area contributed by atoms with Gasteiger partial charge in [0, 0.05) is 12.3 Å². The minimum atomic E-state index is 0.119. The summed E-state index contributed by atoms with van der Waals surface area (Å²) < 4.78 is 5.53. The average Bonchev–Trinajstić information content (AvgIpc) is 2.40. The third-order valence-electron chi connectivity index (χ3n) is 2.33. The molecule has 0 spiro atoms. The Hall–Kier alpha value is -1.16. The van der Waals surface area contributed by atoms with Gasteiger partial charge < -0.3 is 10.1 Å². The van der Waals surface area contributed by atoms with Gasteiger partial charge in [-0.2, -0.15) is 0 Å². The van der Waals surface area contributed by atoms with Gasteiger partial charge in [0.2, 0.25) is 5.91 Å². The first-order valence-electron chi connectivity index (χ1n) is 6.35. The highest BCUT2D eigenvalue weighted by atomic mass is 32.2. The summed E-state index contributed by atoms with van der Waals surface area (Å²) in [5.41, 5.74) is 0. The summed E-state index contributed by atoms with van der Waals surface area (Å²) in [5, 5.41) is 2.89. The Morgan fingerprint density at radius 2 is 2.11 bits per heavy atom. The number of ether oxygens (including phenoxy) is 1. The van der Waals surface area contributed by atoms with Crippen LogP contribution in [0.2, 0.25) is 0 Å². The SMILES string of the molecule is CCCCNC(=O)CSCCOc1ccccc1. The molecule has 0 atom stereocenters. The van der Waals surface area contributed by atoms with Gasteiger partial charge in [0.15, 0.2) is 0 Å². The molecule has 0 radical (unpaired) electrons. The van der Waals surface area contributed by atoms with Gasteiger partial charge in [0.1, 0.15) is 5.75 Å². The molecule has 1 N–H and O–H groups in total. The molecule has 4 heteroatoms. The molecule has 0 saturated carbocycles. The maximum Gasteiger partial charge on any atom is 0.229 e. The molecule has 0 aliphatic carbocycles. The summed E-state index contributed by atoms with van der Waals surface area (Å²) in [4.78, 5) is 11.4. The Bertz CT molecular complexity index is 330. The average molecular weight is 267 g/mol. The highest BCUT2D eigenvalue weighted by Crippen LogP contribution is 2.09. The third-order valence-corrected chi connectivity index (χ3v) is 3.25. The zero-order valence-corrected chi connectivity index (χ0v) is 11.7. The number of carbonyl (C=O) groups excluding carboxylic acids is 1. The van der Waals surface area contributed by atoms with Crippen LogP contribution < -0.4 is 10.1 Å². The minimum absolute atomic E-state index is 0.119. The van der Waals surface area contributed by atoms with Crippen molar-refractivity contribution < 1.29 is 9.53 Å². The van der Waals surface area contributed by atoms with Crippen LogP contribution in [0.15, 0.2) is 30.3 Å². The Labute approximate surface area is 113 Å². The maximum atomic E-state index is 11.4. The molecule has 0 aromatic heterocycles. The van der Waals surface area contributed by atoms with Crippen LogP contribution in [-0.2, 0) is 4.79 Å². The molecule has 1 aromatic carbocycles. The number of benzene rings is 1. The van der Waals surface area contributed by atoms with Crippen LogP contribution in [0.25, 0.3) is 0 Å². The third kappa shape index (κ3) is 7.22. The van der Waals surface area contributed by atoms with Crippen molar-refractivity contribution in [2.75, 3.05) is 24.7 Å². The lowest BCUT2D eigenvalue weighted by Crippen LogP contribution is -2.26. The van der Waals surface area contributed by atoms with Crippen LogP contribution in [0.5, 0.6) is 5.75 Å². The van der Waals surface area contributed by atoms with Gasteiger partial charge in [-0.3, -0.25) is 4.79 Å². The number of amides is 1. The van der Waals surface area contributed by atoms with Crippen molar-refractivity contribution in [2.24, 2.45) is 0 Å². The van der Waals surface area contributed by atoms with Gasteiger partial charge in [0.25, 0.3) is 0 Å². The monoisotopic (exact) mass is 267 g/mol. The topological polar surface area (TPSA) is 38.3 Å². The molecule has 3 nitrogen and oxygen atoms in total. The highest BCUT2D eigenvalue weighted by molar-refractivity contribution is 7.99. The van der Waals surface area contributed by atoms with E-state index in [1.807, 2.05) is 30.3 Å². The van der Waals surface area contributed by atoms with E-state index in [-0.39, 0.29) is 5.91 Å². The zero-order chi connectivity index (χ0) is 13.1. The summed E-state index contributed by atoms with van der Waals surface area (Å²) in [5.74, 6) is 2.34. The lowest BCUT2D eigenvalue weighted by atomic mass is 10.3. The molecule has 1 rings (SSSR count). The van der Waals surface area contributed by atoms with E-state index in [0.717, 1.165) is 30.9 Å². The second-order valence-corrected chi connectivity index (χ2v) is 5.02. The predicted octanol–water partition coefficient (Wildman–Crippen LogP) is 2.71. The number of unbranched alkanes of at least 4 members (excludes halogenated alkanes) is 1. The summed E-state index contributed by atoms with van der Waals surface area (Å²) in [6, 6.07) is 9.72. The number of hydrogen-bond donors (Lipinski definition) is 1. The number of rotatable bonds is 9. The molecule has 0 aliphatic rings. The fourth-order valence-electron chi connectivity index (χ4n) is 1.36. The molecule has 18 heavy (non-hydrogen) atoms. The molecule has 1 amide bonds. The van der Waals surface area contributed by atoms with E-state index in [1.54, 1.807) is 11.8 Å². The van der Waals surface area contributed by atoms with E-state index < -0.39 is 0 Å². The second kappa shape index (κ2) is 9.83. The largest absolute Gasteiger partial charge is 0.493 e. The highest BCUT2D eigenvalue weighted by Gasteiger charge is 2.00. The molecule has 0 bridgehead atoms. The maximum absolute atomic E-state index is 11.4. The first-order valence-corrected chi connectivity index (χ1v) is 7.50. The summed E-state index contributed by atoms with van der Waals surface area (Å²) in [7, 11) is 0. The number of carbonyl (C=O) groups is 1. The molecule has 1 aromatic rings. The lowest BCUT2D eigenvalue weighted by Gasteiger charge is -2.06. The minimum Gasteiger partial charge on any atom is -0.493 e. The van der Waals surface area contributed by atoms with Gasteiger partial charge in [0.05, 0.1) is 12.4 Å². The molecule has 0 fully saturated rings. The summed E-state index contributed by atoms with van der Waals surface area (Å²) in [6.07, 6.45) is 2.16. The lowest BCUT2D eigenvalue weighted by molar-refractivity contribution is -0.118. The Morgan fingerprint density at radius 3 is 2.83 bits per heavy atom. The van der Waals surface area contributed by atoms with Crippen LogP contribution in [-0.4, -0.2) is 30.6 Å². The van der Waals surface area contributed by atoms with Crippen LogP contribution in [0.3, 0.4) is 0 Å². The van der Waals surface area contributed by atoms with Crippen molar-refractivity contribution in [3.8, 4) is 5.75 Å². The van der Waals surface area contributed by atoms with Gasteiger partial charge >= 0.3 is 0 Å². The molecule has 0 heterocycles. The van der Waals surface area contributed by atoms with E-state index in [9.17, 15) is 4.79 Å². The second-order valence-electron chi connectivity index (χ2n) is 3.92. The van der Waals surface area contributed by atoms with E-state index in [4.69, 9.17) is 4.74 Å².